The first-order chi connectivity index (χ1) is 25.3. The molecule has 53 heavy (non-hydrogen) atoms. The van der Waals surface area contributed by atoms with E-state index in [9.17, 15) is 55.9 Å². The van der Waals surface area contributed by atoms with Crippen molar-refractivity contribution in [3.63, 3.8) is 0 Å². The summed E-state index contributed by atoms with van der Waals surface area (Å²) in [6.45, 7) is 1.61. The highest BCUT2D eigenvalue weighted by molar-refractivity contribution is 5.69. The average molecular weight is 771 g/mol. The lowest BCUT2D eigenvalue weighted by atomic mass is 9.98. The molecule has 3 saturated heterocycles. The summed E-state index contributed by atoms with van der Waals surface area (Å²) >= 11 is 0. The first-order valence-corrected chi connectivity index (χ1v) is 19.4. The van der Waals surface area contributed by atoms with Crippen LogP contribution in [-0.2, 0) is 33.2 Å². The maximum Gasteiger partial charge on any atom is 0.305 e. The maximum atomic E-state index is 12.4. The molecule has 312 valence electrons. The zero-order valence-electron chi connectivity index (χ0n) is 31.1. The van der Waals surface area contributed by atoms with E-state index in [0.29, 0.717) is 6.42 Å². The third kappa shape index (κ3) is 13.5. The van der Waals surface area contributed by atoms with Gasteiger partial charge in [-0.3, -0.25) is 4.79 Å². The molecule has 3 aliphatic heterocycles. The Labute approximate surface area is 311 Å². The molecule has 14 atom stereocenters. The Balaban J connectivity index is 1.37. The van der Waals surface area contributed by atoms with Crippen LogP contribution in [0.15, 0.2) is 0 Å². The monoisotopic (exact) mass is 770 g/mol. The molecule has 0 saturated carbocycles. The minimum atomic E-state index is -2.38. The SMILES string of the molecule is CC(C)CCCCCCCCCCCCCCC(=O)OC[C@H]1OC(OC[C@H]2OC(O[C@]3(CO)O[C@H](CO)[C@@H](O)[C@@H]3O)[C@H](O)[C@@H](O)[C@@H]2O)[C@H](O)[C@@H](O)[C@H]1O. The van der Waals surface area contributed by atoms with Gasteiger partial charge < -0.3 is 79.5 Å². The smallest absolute Gasteiger partial charge is 0.305 e. The van der Waals surface area contributed by atoms with Crippen molar-refractivity contribution in [1.82, 2.24) is 0 Å². The zero-order valence-corrected chi connectivity index (χ0v) is 31.1. The van der Waals surface area contributed by atoms with Gasteiger partial charge in [0.2, 0.25) is 5.79 Å². The molecule has 0 aromatic heterocycles. The highest BCUT2D eigenvalue weighted by Gasteiger charge is 2.58. The van der Waals surface area contributed by atoms with Crippen LogP contribution in [0.4, 0.5) is 0 Å². The van der Waals surface area contributed by atoms with Crippen LogP contribution >= 0.6 is 0 Å². The zero-order chi connectivity index (χ0) is 39.1. The first kappa shape index (κ1) is 46.3. The molecule has 0 aliphatic carbocycles. The minimum Gasteiger partial charge on any atom is -0.463 e. The maximum absolute atomic E-state index is 12.4. The highest BCUT2D eigenvalue weighted by atomic mass is 16.8. The van der Waals surface area contributed by atoms with E-state index in [1.807, 2.05) is 0 Å². The van der Waals surface area contributed by atoms with E-state index in [1.165, 1.54) is 57.8 Å². The van der Waals surface area contributed by atoms with Gasteiger partial charge in [-0.1, -0.05) is 90.9 Å². The van der Waals surface area contributed by atoms with E-state index in [-0.39, 0.29) is 6.42 Å². The van der Waals surface area contributed by atoms with Gasteiger partial charge in [0.1, 0.15) is 80.4 Å². The lowest BCUT2D eigenvalue weighted by Gasteiger charge is -2.44. The molecular weight excluding hydrogens is 704 g/mol. The third-order valence-corrected chi connectivity index (χ3v) is 10.3. The minimum absolute atomic E-state index is 0.165. The van der Waals surface area contributed by atoms with Gasteiger partial charge in [0.15, 0.2) is 12.6 Å². The summed E-state index contributed by atoms with van der Waals surface area (Å²) in [5, 5.41) is 103. The topological polar surface area (TPSA) is 275 Å². The Hall–Kier alpha value is -1.13. The number of carbonyl (C=O) groups excluding carboxylic acids is 1. The summed E-state index contributed by atoms with van der Waals surface area (Å²) in [5.41, 5.74) is 0. The Morgan fingerprint density at radius 1 is 0.604 bits per heavy atom. The normalized spacial score (nSPS) is 37.7. The number of carbonyl (C=O) groups is 1. The third-order valence-electron chi connectivity index (χ3n) is 10.3. The lowest BCUT2D eigenvalue weighted by Crippen LogP contribution is -2.63. The van der Waals surface area contributed by atoms with Gasteiger partial charge in [0, 0.05) is 6.42 Å². The molecule has 0 aromatic carbocycles. The van der Waals surface area contributed by atoms with Gasteiger partial charge >= 0.3 is 5.97 Å². The molecule has 0 amide bonds. The molecule has 3 heterocycles. The standard InChI is InChI=1S/C36H66O17/c1-21(2)15-13-11-9-7-5-3-4-6-8-10-12-14-16-25(39)48-18-23-26(40)29(43)31(45)34(50-23)49-19-24-27(41)30(44)32(46)35(51-24)53-36(20-38)33(47)28(42)22(17-37)52-36/h21-24,26-35,37-38,40-47H,3-20H2,1-2H3/t22-,23-,24-,26+,27-,28-,29+,30+,31-,32-,33+,34?,35?,36+/m1/s1. The van der Waals surface area contributed by atoms with Crippen LogP contribution in [0.1, 0.15) is 104 Å². The van der Waals surface area contributed by atoms with Gasteiger partial charge in [-0.2, -0.15) is 0 Å². The van der Waals surface area contributed by atoms with E-state index < -0.39 is 118 Å². The van der Waals surface area contributed by atoms with Gasteiger partial charge in [-0.05, 0) is 12.3 Å². The molecule has 3 rings (SSSR count). The second-order valence-corrected chi connectivity index (χ2v) is 15.1. The Morgan fingerprint density at radius 3 is 1.60 bits per heavy atom. The van der Waals surface area contributed by atoms with Crippen LogP contribution in [0.5, 0.6) is 0 Å². The number of rotatable bonds is 24. The van der Waals surface area contributed by atoms with E-state index in [1.54, 1.807) is 0 Å². The molecule has 0 spiro atoms. The van der Waals surface area contributed by atoms with E-state index >= 15 is 0 Å². The lowest BCUT2D eigenvalue weighted by molar-refractivity contribution is -0.388. The van der Waals surface area contributed by atoms with E-state index in [2.05, 4.69) is 13.8 Å². The van der Waals surface area contributed by atoms with Crippen LogP contribution in [0.25, 0.3) is 0 Å². The summed E-state index contributed by atoms with van der Waals surface area (Å²) in [6, 6.07) is 0. The van der Waals surface area contributed by atoms with Gasteiger partial charge in [-0.25, -0.2) is 0 Å². The quantitative estimate of drug-likeness (QED) is 0.0421. The van der Waals surface area contributed by atoms with Crippen LogP contribution in [0, 0.1) is 5.92 Å². The molecule has 17 nitrogen and oxygen atoms in total. The van der Waals surface area contributed by atoms with Crippen LogP contribution in [0.3, 0.4) is 0 Å². The van der Waals surface area contributed by atoms with Crippen molar-refractivity contribution in [3.05, 3.63) is 0 Å². The fourth-order valence-corrected chi connectivity index (χ4v) is 6.84. The molecular formula is C36H66O17. The number of unbranched alkanes of at least 4 members (excludes halogenated alkanes) is 11. The summed E-state index contributed by atoms with van der Waals surface area (Å²) in [4.78, 5) is 12.4. The number of hydrogen-bond donors (Lipinski definition) is 10. The molecule has 0 bridgehead atoms. The molecule has 0 aromatic rings. The summed E-state index contributed by atoms with van der Waals surface area (Å²) in [7, 11) is 0. The molecule has 10 N–H and O–H groups in total. The highest BCUT2D eigenvalue weighted by Crippen LogP contribution is 2.36. The van der Waals surface area contributed by atoms with E-state index in [0.717, 1.165) is 25.2 Å². The Bertz CT molecular complexity index is 1020. The number of aliphatic hydroxyl groups excluding tert-OH is 10. The van der Waals surface area contributed by atoms with Crippen molar-refractivity contribution in [3.8, 4) is 0 Å². The predicted octanol–water partition coefficient (Wildman–Crippen LogP) is -0.903. The number of ether oxygens (including phenoxy) is 6. The largest absolute Gasteiger partial charge is 0.463 e. The number of esters is 1. The summed E-state index contributed by atoms with van der Waals surface area (Å²) in [5.74, 6) is -2.11. The van der Waals surface area contributed by atoms with Crippen molar-refractivity contribution in [2.45, 2.75) is 189 Å². The molecule has 3 aliphatic rings. The number of hydrogen-bond acceptors (Lipinski definition) is 17. The fourth-order valence-electron chi connectivity index (χ4n) is 6.84. The van der Waals surface area contributed by atoms with Crippen molar-refractivity contribution in [2.24, 2.45) is 5.92 Å². The summed E-state index contributed by atoms with van der Waals surface area (Å²) in [6.07, 6.45) is -6.79. The molecule has 3 fully saturated rings. The second-order valence-electron chi connectivity index (χ2n) is 15.1. The molecule has 2 unspecified atom stereocenters. The van der Waals surface area contributed by atoms with Gasteiger partial charge in [0.25, 0.3) is 0 Å². The van der Waals surface area contributed by atoms with Crippen molar-refractivity contribution in [2.75, 3.05) is 26.4 Å². The van der Waals surface area contributed by atoms with Gasteiger partial charge in [0.05, 0.1) is 13.2 Å². The van der Waals surface area contributed by atoms with Crippen LogP contribution < -0.4 is 0 Å². The van der Waals surface area contributed by atoms with Crippen molar-refractivity contribution < 1.29 is 84.3 Å². The first-order valence-electron chi connectivity index (χ1n) is 19.4. The van der Waals surface area contributed by atoms with Crippen molar-refractivity contribution >= 4 is 5.97 Å². The van der Waals surface area contributed by atoms with E-state index in [4.69, 9.17) is 28.4 Å². The van der Waals surface area contributed by atoms with Crippen LogP contribution in [0.2, 0.25) is 0 Å². The molecule has 0 radical (unpaired) electrons. The molecule has 17 heteroatoms. The summed E-state index contributed by atoms with van der Waals surface area (Å²) < 4.78 is 32.7. The van der Waals surface area contributed by atoms with Crippen LogP contribution in [-0.4, -0.2) is 169 Å². The second kappa shape index (κ2) is 23.2. The number of aliphatic hydroxyl groups is 10. The predicted molar refractivity (Wildman–Crippen MR) is 185 cm³/mol. The fraction of sp³-hybridized carbons (Fsp3) is 0.972. The Morgan fingerprint density at radius 2 is 1.09 bits per heavy atom. The van der Waals surface area contributed by atoms with Crippen molar-refractivity contribution in [1.29, 1.82) is 0 Å². The average Bonchev–Trinajstić information content (AvgIpc) is 3.38. The Kier molecular flexibility index (Phi) is 20.2. The van der Waals surface area contributed by atoms with Gasteiger partial charge in [-0.15, -0.1) is 0 Å².